The number of nitrogens with zero attached hydrogens (tertiary/aromatic N) is 2. The molecule has 0 saturated carbocycles. The van der Waals surface area contributed by atoms with E-state index in [4.69, 9.17) is 9.72 Å². The minimum Gasteiger partial charge on any atom is -0.497 e. The number of ether oxygens (including phenoxy) is 1. The van der Waals surface area contributed by atoms with Crippen LogP contribution < -0.4 is 4.74 Å². The van der Waals surface area contributed by atoms with Crippen molar-refractivity contribution >= 4 is 21.8 Å². The van der Waals surface area contributed by atoms with E-state index in [0.717, 1.165) is 23.6 Å². The molecule has 0 aliphatic rings. The van der Waals surface area contributed by atoms with Crippen molar-refractivity contribution in [3.05, 3.63) is 107 Å². The molecule has 0 N–H and O–H groups in total. The Labute approximate surface area is 182 Å². The minimum absolute atomic E-state index is 0.170. The van der Waals surface area contributed by atoms with E-state index in [2.05, 4.69) is 97.3 Å². The van der Waals surface area contributed by atoms with Crippen molar-refractivity contribution in [2.75, 3.05) is 7.11 Å². The molecule has 0 spiro atoms. The lowest BCUT2D eigenvalue weighted by Crippen LogP contribution is -2.09. The molecule has 1 atom stereocenters. The van der Waals surface area contributed by atoms with Gasteiger partial charge < -0.3 is 9.30 Å². The highest BCUT2D eigenvalue weighted by atomic mass is 16.5. The maximum absolute atomic E-state index is 5.37. The summed E-state index contributed by atoms with van der Waals surface area (Å²) in [6.07, 6.45) is 0. The monoisotopic (exact) mass is 406 g/mol. The molecule has 154 valence electrons. The average Bonchev–Trinajstić information content (AvgIpc) is 3.16. The van der Waals surface area contributed by atoms with Gasteiger partial charge in [0.1, 0.15) is 11.6 Å². The molecular weight excluding hydrogens is 380 g/mol. The molecule has 0 bridgehead atoms. The molecule has 0 fully saturated rings. The van der Waals surface area contributed by atoms with Crippen LogP contribution in [-0.4, -0.2) is 16.7 Å². The van der Waals surface area contributed by atoms with Gasteiger partial charge in [0.25, 0.3) is 0 Å². The number of imidazole rings is 1. The van der Waals surface area contributed by atoms with Crippen molar-refractivity contribution in [3.8, 4) is 5.75 Å². The summed E-state index contributed by atoms with van der Waals surface area (Å²) in [7, 11) is 1.70. The zero-order valence-electron chi connectivity index (χ0n) is 18.2. The molecule has 0 amide bonds. The maximum atomic E-state index is 5.37. The summed E-state index contributed by atoms with van der Waals surface area (Å²) in [5, 5.41) is 2.40. The van der Waals surface area contributed by atoms with Gasteiger partial charge in [0.2, 0.25) is 0 Å². The lowest BCUT2D eigenvalue weighted by molar-refractivity contribution is 0.415. The second-order valence-electron chi connectivity index (χ2n) is 8.23. The number of aromatic nitrogens is 2. The zero-order chi connectivity index (χ0) is 21.4. The Balaban J connectivity index is 1.59. The SMILES string of the molecule is COc1ccc2cc(C(C)c3nc4ccccc4n3Cc3cccc(C)c3)ccc2c1. The minimum atomic E-state index is 0.170. The van der Waals surface area contributed by atoms with Crippen LogP contribution >= 0.6 is 0 Å². The Morgan fingerprint density at radius 1 is 0.871 bits per heavy atom. The van der Waals surface area contributed by atoms with Crippen LogP contribution in [-0.2, 0) is 6.54 Å². The number of aryl methyl sites for hydroxylation is 1. The predicted molar refractivity (Wildman–Crippen MR) is 128 cm³/mol. The standard InChI is InChI=1S/C28H26N2O/c1-19-7-6-8-21(15-19)18-30-27-10-5-4-9-26(27)29-28(30)20(2)22-11-12-24-17-25(31-3)14-13-23(24)16-22/h4-17,20H,18H2,1-3H3. The van der Waals surface area contributed by atoms with Crippen LogP contribution in [0.5, 0.6) is 5.75 Å². The van der Waals surface area contributed by atoms with Crippen LogP contribution in [0.1, 0.15) is 35.4 Å². The maximum Gasteiger partial charge on any atom is 0.119 e. The van der Waals surface area contributed by atoms with Gasteiger partial charge in [0.05, 0.1) is 18.1 Å². The number of hydrogen-bond acceptors (Lipinski definition) is 2. The van der Waals surface area contributed by atoms with Gasteiger partial charge in [-0.05, 0) is 53.1 Å². The topological polar surface area (TPSA) is 27.1 Å². The van der Waals surface area contributed by atoms with Crippen molar-refractivity contribution in [2.45, 2.75) is 26.3 Å². The summed E-state index contributed by atoms with van der Waals surface area (Å²) in [6, 6.07) is 30.0. The van der Waals surface area contributed by atoms with Crippen LogP contribution in [0, 0.1) is 6.92 Å². The normalized spacial score (nSPS) is 12.4. The number of hydrogen-bond donors (Lipinski definition) is 0. The van der Waals surface area contributed by atoms with E-state index >= 15 is 0 Å². The average molecular weight is 407 g/mol. The lowest BCUT2D eigenvalue weighted by Gasteiger charge is -2.16. The first-order chi connectivity index (χ1) is 15.1. The first-order valence-corrected chi connectivity index (χ1v) is 10.7. The third-order valence-electron chi connectivity index (χ3n) is 6.07. The fraction of sp³-hybridized carbons (Fsp3) is 0.179. The molecule has 1 heterocycles. The van der Waals surface area contributed by atoms with Gasteiger partial charge in [-0.1, -0.05) is 73.2 Å². The molecular formula is C28H26N2O. The number of rotatable bonds is 5. The van der Waals surface area contributed by atoms with E-state index in [0.29, 0.717) is 0 Å². The smallest absolute Gasteiger partial charge is 0.119 e. The second-order valence-corrected chi connectivity index (χ2v) is 8.23. The quantitative estimate of drug-likeness (QED) is 0.324. The number of benzene rings is 4. The fourth-order valence-corrected chi connectivity index (χ4v) is 4.37. The Morgan fingerprint density at radius 3 is 2.52 bits per heavy atom. The third-order valence-corrected chi connectivity index (χ3v) is 6.07. The van der Waals surface area contributed by atoms with Gasteiger partial charge in [-0.25, -0.2) is 4.98 Å². The van der Waals surface area contributed by atoms with Gasteiger partial charge in [-0.15, -0.1) is 0 Å². The first-order valence-electron chi connectivity index (χ1n) is 10.7. The summed E-state index contributed by atoms with van der Waals surface area (Å²) in [4.78, 5) is 5.06. The van der Waals surface area contributed by atoms with Crippen LogP contribution in [0.3, 0.4) is 0 Å². The Hall–Kier alpha value is -3.59. The third kappa shape index (κ3) is 3.68. The van der Waals surface area contributed by atoms with Gasteiger partial charge in [-0.2, -0.15) is 0 Å². The summed E-state index contributed by atoms with van der Waals surface area (Å²) in [6.45, 7) is 5.20. The molecule has 4 aromatic carbocycles. The van der Waals surface area contributed by atoms with Gasteiger partial charge in [0, 0.05) is 12.5 Å². The molecule has 5 aromatic rings. The van der Waals surface area contributed by atoms with Crippen molar-refractivity contribution in [3.63, 3.8) is 0 Å². The molecule has 0 aliphatic heterocycles. The molecule has 3 nitrogen and oxygen atoms in total. The predicted octanol–water partition coefficient (Wildman–Crippen LogP) is 6.71. The van der Waals surface area contributed by atoms with Gasteiger partial charge in [-0.3, -0.25) is 0 Å². The zero-order valence-corrected chi connectivity index (χ0v) is 18.2. The molecule has 1 aromatic heterocycles. The number of para-hydroxylation sites is 2. The van der Waals surface area contributed by atoms with Crippen LogP contribution in [0.2, 0.25) is 0 Å². The van der Waals surface area contributed by atoms with Crippen molar-refractivity contribution in [1.82, 2.24) is 9.55 Å². The highest BCUT2D eigenvalue weighted by Gasteiger charge is 2.19. The summed E-state index contributed by atoms with van der Waals surface area (Å²) in [5.41, 5.74) is 6.06. The van der Waals surface area contributed by atoms with E-state index in [1.807, 2.05) is 6.07 Å². The van der Waals surface area contributed by atoms with Crippen LogP contribution in [0.25, 0.3) is 21.8 Å². The Bertz CT molecular complexity index is 1380. The molecule has 3 heteroatoms. The summed E-state index contributed by atoms with van der Waals surface area (Å²) >= 11 is 0. The van der Waals surface area contributed by atoms with E-state index in [1.54, 1.807) is 7.11 Å². The van der Waals surface area contributed by atoms with Crippen molar-refractivity contribution < 1.29 is 4.74 Å². The molecule has 5 rings (SSSR count). The summed E-state index contributed by atoms with van der Waals surface area (Å²) < 4.78 is 7.74. The highest BCUT2D eigenvalue weighted by Crippen LogP contribution is 2.31. The molecule has 0 aliphatic carbocycles. The van der Waals surface area contributed by atoms with Crippen molar-refractivity contribution in [2.24, 2.45) is 0 Å². The van der Waals surface area contributed by atoms with E-state index in [9.17, 15) is 0 Å². The number of fused-ring (bicyclic) bond motifs is 2. The van der Waals surface area contributed by atoms with Crippen molar-refractivity contribution in [1.29, 1.82) is 0 Å². The largest absolute Gasteiger partial charge is 0.497 e. The van der Waals surface area contributed by atoms with E-state index in [1.165, 1.54) is 33.0 Å². The summed E-state index contributed by atoms with van der Waals surface area (Å²) in [5.74, 6) is 2.15. The highest BCUT2D eigenvalue weighted by molar-refractivity contribution is 5.85. The molecule has 1 unspecified atom stereocenters. The Kier molecular flexibility index (Phi) is 4.95. The number of methoxy groups -OCH3 is 1. The first kappa shape index (κ1) is 19.4. The van der Waals surface area contributed by atoms with Gasteiger partial charge >= 0.3 is 0 Å². The molecule has 31 heavy (non-hydrogen) atoms. The molecule has 0 radical (unpaired) electrons. The van der Waals surface area contributed by atoms with E-state index in [-0.39, 0.29) is 5.92 Å². The lowest BCUT2D eigenvalue weighted by atomic mass is 9.97. The fourth-order valence-electron chi connectivity index (χ4n) is 4.37. The van der Waals surface area contributed by atoms with Gasteiger partial charge in [0.15, 0.2) is 0 Å². The molecule has 0 saturated heterocycles. The van der Waals surface area contributed by atoms with E-state index < -0.39 is 0 Å². The Morgan fingerprint density at radius 2 is 1.68 bits per heavy atom. The van der Waals surface area contributed by atoms with Crippen LogP contribution in [0.4, 0.5) is 0 Å². The second kappa shape index (κ2) is 7.92. The van der Waals surface area contributed by atoms with Crippen LogP contribution in [0.15, 0.2) is 84.9 Å².